The van der Waals surface area contributed by atoms with Gasteiger partial charge in [-0.05, 0) is 18.2 Å². The van der Waals surface area contributed by atoms with E-state index in [-0.39, 0.29) is 0 Å². The van der Waals surface area contributed by atoms with Crippen molar-refractivity contribution in [3.05, 3.63) is 0 Å². The molecule has 0 aliphatic carbocycles. The van der Waals surface area contributed by atoms with Gasteiger partial charge in [-0.1, -0.05) is 24.7 Å². The van der Waals surface area contributed by atoms with Gasteiger partial charge in [0, 0.05) is 5.75 Å². The molecule has 0 bridgehead atoms. The molecule has 0 unspecified atom stereocenters. The summed E-state index contributed by atoms with van der Waals surface area (Å²) in [7, 11) is 2.81. The highest BCUT2D eigenvalue weighted by atomic mass is 32.9. The van der Waals surface area contributed by atoms with Crippen LogP contribution in [0.2, 0.25) is 0 Å². The van der Waals surface area contributed by atoms with E-state index in [9.17, 15) is 0 Å². The van der Waals surface area contributed by atoms with Gasteiger partial charge in [0.05, 0.1) is 14.2 Å². The Balaban J connectivity index is 3.85. The molecule has 13 heavy (non-hydrogen) atoms. The van der Waals surface area contributed by atoms with Crippen molar-refractivity contribution in [2.24, 2.45) is 0 Å². The van der Waals surface area contributed by atoms with Gasteiger partial charge >= 0.3 is 5.69 Å². The summed E-state index contributed by atoms with van der Waals surface area (Å²) in [6.07, 6.45) is 2.19. The lowest BCUT2D eigenvalue weighted by Crippen LogP contribution is -1.92. The number of rotatable bonds is 8. The van der Waals surface area contributed by atoms with Crippen LogP contribution < -0.4 is 0 Å². The average Bonchev–Trinajstić information content (AvgIpc) is 2.05. The van der Waals surface area contributed by atoms with Gasteiger partial charge in [0.15, 0.2) is 0 Å². The van der Waals surface area contributed by atoms with E-state index in [1.54, 1.807) is 0 Å². The molecule has 0 atom stereocenters. The maximum absolute atomic E-state index is 5.09. The molecular weight excluding hydrogens is 231 g/mol. The summed E-state index contributed by atoms with van der Waals surface area (Å²) in [6.45, 7) is 2.11. The van der Waals surface area contributed by atoms with E-state index in [4.69, 9.17) is 21.2 Å². The fourth-order valence-corrected chi connectivity index (χ4v) is 4.39. The lowest BCUT2D eigenvalue weighted by molar-refractivity contribution is -0.226. The fourth-order valence-electron chi connectivity index (χ4n) is 0.559. The highest BCUT2D eigenvalue weighted by Gasteiger charge is 2.21. The molecule has 0 saturated heterocycles. The second-order valence-corrected chi connectivity index (χ2v) is 8.33. The minimum absolute atomic E-state index is 0.889. The van der Waals surface area contributed by atoms with Crippen LogP contribution in [0.1, 0.15) is 19.8 Å². The molecule has 0 amide bonds. The van der Waals surface area contributed by atoms with Crippen molar-refractivity contribution >= 4 is 28.9 Å². The second kappa shape index (κ2) is 8.17. The van der Waals surface area contributed by atoms with Crippen molar-refractivity contribution in [2.45, 2.75) is 19.8 Å². The molecule has 4 nitrogen and oxygen atoms in total. The SMILES string of the molecule is CCCCSP(=S)(OOC)OOC. The molecule has 0 radical (unpaired) electrons. The molecule has 0 aromatic rings. The Kier molecular flexibility index (Phi) is 8.70. The first kappa shape index (κ1) is 13.8. The third kappa shape index (κ3) is 6.85. The standard InChI is InChI=1S/C6H15O4PS2/c1-4-5-6-13-11(12,9-7-2)10-8-3/h4-6H2,1-3H3. The molecule has 7 heteroatoms. The van der Waals surface area contributed by atoms with Crippen LogP contribution in [0.5, 0.6) is 0 Å². The third-order valence-corrected chi connectivity index (χ3v) is 5.71. The fraction of sp³-hybridized carbons (Fsp3) is 1.00. The summed E-state index contributed by atoms with van der Waals surface area (Å²) >= 11 is 6.52. The molecule has 0 rings (SSSR count). The second-order valence-electron chi connectivity index (χ2n) is 2.12. The highest BCUT2D eigenvalue weighted by Crippen LogP contribution is 2.61. The van der Waals surface area contributed by atoms with E-state index in [0.717, 1.165) is 18.6 Å². The summed E-state index contributed by atoms with van der Waals surface area (Å²) in [5.41, 5.74) is -2.44. The number of hydrogen-bond donors (Lipinski definition) is 0. The largest absolute Gasteiger partial charge is 0.307 e. The van der Waals surface area contributed by atoms with Gasteiger partial charge in [0.2, 0.25) is 0 Å². The maximum atomic E-state index is 5.09. The first-order valence-electron chi connectivity index (χ1n) is 3.88. The van der Waals surface area contributed by atoms with Crippen LogP contribution in [0.25, 0.3) is 0 Å². The van der Waals surface area contributed by atoms with Crippen molar-refractivity contribution in [1.29, 1.82) is 0 Å². The first-order chi connectivity index (χ1) is 6.18. The molecule has 0 heterocycles. The van der Waals surface area contributed by atoms with Crippen molar-refractivity contribution in [3.8, 4) is 0 Å². The van der Waals surface area contributed by atoms with Crippen LogP contribution in [0, 0.1) is 0 Å². The van der Waals surface area contributed by atoms with E-state index in [1.807, 2.05) is 0 Å². The summed E-state index contributed by atoms with van der Waals surface area (Å²) in [5, 5.41) is 0. The lowest BCUT2D eigenvalue weighted by atomic mass is 10.4. The van der Waals surface area contributed by atoms with Gasteiger partial charge < -0.3 is 0 Å². The van der Waals surface area contributed by atoms with Crippen molar-refractivity contribution < 1.29 is 19.1 Å². The van der Waals surface area contributed by atoms with Crippen LogP contribution in [0.4, 0.5) is 0 Å². The average molecular weight is 246 g/mol. The molecule has 80 valence electrons. The Labute approximate surface area is 88.0 Å². The Hall–Kier alpha value is 0.840. The van der Waals surface area contributed by atoms with Crippen LogP contribution in [0.3, 0.4) is 0 Å². The first-order valence-corrected chi connectivity index (χ1v) is 8.10. The normalized spacial score (nSPS) is 11.9. The Morgan fingerprint density at radius 3 is 2.15 bits per heavy atom. The minimum Gasteiger partial charge on any atom is -0.233 e. The summed E-state index contributed by atoms with van der Waals surface area (Å²) in [5.74, 6) is 0.889. The smallest absolute Gasteiger partial charge is 0.233 e. The molecule has 0 fully saturated rings. The van der Waals surface area contributed by atoms with E-state index >= 15 is 0 Å². The topological polar surface area (TPSA) is 36.9 Å². The summed E-state index contributed by atoms with van der Waals surface area (Å²) in [4.78, 5) is 9.02. The predicted molar refractivity (Wildman–Crippen MR) is 57.8 cm³/mol. The van der Waals surface area contributed by atoms with Crippen molar-refractivity contribution in [3.63, 3.8) is 0 Å². The summed E-state index contributed by atoms with van der Waals surface area (Å²) < 4.78 is 9.72. The monoisotopic (exact) mass is 246 g/mol. The Bertz CT molecular complexity index is 157. The van der Waals surface area contributed by atoms with Crippen LogP contribution in [-0.2, 0) is 30.9 Å². The zero-order valence-corrected chi connectivity index (χ0v) is 10.5. The van der Waals surface area contributed by atoms with Gasteiger partial charge in [0.25, 0.3) is 0 Å². The minimum atomic E-state index is -2.44. The van der Waals surface area contributed by atoms with Crippen LogP contribution >= 0.6 is 17.1 Å². The predicted octanol–water partition coefficient (Wildman–Crippen LogP) is 2.90. The van der Waals surface area contributed by atoms with Crippen LogP contribution in [0.15, 0.2) is 0 Å². The van der Waals surface area contributed by atoms with Gasteiger partial charge in [-0.15, -0.1) is 0 Å². The molecule has 0 aliphatic rings. The zero-order valence-electron chi connectivity index (χ0n) is 8.02. The third-order valence-electron chi connectivity index (χ3n) is 1.08. The molecule has 0 spiro atoms. The van der Waals surface area contributed by atoms with E-state index in [0.29, 0.717) is 0 Å². The highest BCUT2D eigenvalue weighted by molar-refractivity contribution is 8.67. The maximum Gasteiger partial charge on any atom is 0.307 e. The quantitative estimate of drug-likeness (QED) is 0.284. The molecule has 0 saturated carbocycles. The zero-order chi connectivity index (χ0) is 10.2. The molecule has 0 N–H and O–H groups in total. The van der Waals surface area contributed by atoms with E-state index in [1.165, 1.54) is 25.6 Å². The van der Waals surface area contributed by atoms with Crippen LogP contribution in [-0.4, -0.2) is 20.0 Å². The Morgan fingerprint density at radius 2 is 1.77 bits per heavy atom. The van der Waals surface area contributed by atoms with Gasteiger partial charge in [-0.3, -0.25) is 0 Å². The lowest BCUT2D eigenvalue weighted by Gasteiger charge is -2.15. The van der Waals surface area contributed by atoms with Crippen molar-refractivity contribution in [2.75, 3.05) is 20.0 Å². The Morgan fingerprint density at radius 1 is 1.23 bits per heavy atom. The molecule has 0 aliphatic heterocycles. The molecular formula is C6H15O4PS2. The van der Waals surface area contributed by atoms with Gasteiger partial charge in [-0.2, -0.15) is 9.35 Å². The van der Waals surface area contributed by atoms with Gasteiger partial charge in [-0.25, -0.2) is 9.78 Å². The molecule has 0 aromatic heterocycles. The number of unbranched alkanes of at least 4 members (excludes halogenated alkanes) is 1. The number of hydrogen-bond acceptors (Lipinski definition) is 6. The van der Waals surface area contributed by atoms with E-state index in [2.05, 4.69) is 16.7 Å². The van der Waals surface area contributed by atoms with Crippen molar-refractivity contribution in [1.82, 2.24) is 0 Å². The van der Waals surface area contributed by atoms with Gasteiger partial charge in [0.1, 0.15) is 0 Å². The summed E-state index contributed by atoms with van der Waals surface area (Å²) in [6, 6.07) is 0. The van der Waals surface area contributed by atoms with E-state index < -0.39 is 5.69 Å². The molecule has 0 aromatic carbocycles.